The van der Waals surface area contributed by atoms with Gasteiger partial charge in [-0.25, -0.2) is 9.37 Å². The van der Waals surface area contributed by atoms with Crippen LogP contribution in [0.3, 0.4) is 0 Å². The zero-order chi connectivity index (χ0) is 14.7. The zero-order valence-corrected chi connectivity index (χ0v) is 10.5. The van der Waals surface area contributed by atoms with Crippen molar-refractivity contribution < 1.29 is 14.1 Å². The highest BCUT2D eigenvalue weighted by molar-refractivity contribution is 5.35. The fourth-order valence-corrected chi connectivity index (χ4v) is 1.54. The molecule has 8 heteroatoms. The Morgan fingerprint density at radius 1 is 1.50 bits per heavy atom. The van der Waals surface area contributed by atoms with Gasteiger partial charge in [0.1, 0.15) is 6.10 Å². The number of hydrogen-bond donors (Lipinski definition) is 1. The minimum atomic E-state index is -0.736. The van der Waals surface area contributed by atoms with Crippen LogP contribution in [0.2, 0.25) is 0 Å². The number of nitro benzene ring substituents is 1. The summed E-state index contributed by atoms with van der Waals surface area (Å²) in [4.78, 5) is 17.5. The fraction of sp³-hybridized carbons (Fsp3) is 0.167. The first-order valence-corrected chi connectivity index (χ1v) is 5.66. The molecule has 2 rings (SSSR count). The average Bonchev–Trinajstić information content (AvgIpc) is 2.43. The third-order valence-corrected chi connectivity index (χ3v) is 2.58. The summed E-state index contributed by atoms with van der Waals surface area (Å²) in [7, 11) is 0. The van der Waals surface area contributed by atoms with Gasteiger partial charge in [-0.1, -0.05) is 12.1 Å². The highest BCUT2D eigenvalue weighted by Crippen LogP contribution is 2.23. The van der Waals surface area contributed by atoms with Gasteiger partial charge in [-0.05, 0) is 12.5 Å². The van der Waals surface area contributed by atoms with Crippen molar-refractivity contribution in [1.82, 2.24) is 9.97 Å². The molecule has 0 saturated carbocycles. The van der Waals surface area contributed by atoms with E-state index >= 15 is 0 Å². The number of non-ortho nitro benzene ring substituents is 1. The normalized spacial score (nSPS) is 11.9. The second kappa shape index (κ2) is 5.47. The lowest BCUT2D eigenvalue weighted by Gasteiger charge is -2.13. The van der Waals surface area contributed by atoms with Gasteiger partial charge in [-0.2, -0.15) is 4.98 Å². The van der Waals surface area contributed by atoms with E-state index in [1.807, 2.05) is 0 Å². The molecule has 20 heavy (non-hydrogen) atoms. The molecule has 0 amide bonds. The Morgan fingerprint density at radius 2 is 2.25 bits per heavy atom. The van der Waals surface area contributed by atoms with E-state index in [9.17, 15) is 14.5 Å². The van der Waals surface area contributed by atoms with Gasteiger partial charge in [-0.15, -0.1) is 0 Å². The van der Waals surface area contributed by atoms with E-state index in [1.54, 1.807) is 19.1 Å². The SMILES string of the molecule is CC(Oc1ncc(F)c(N)n1)c1cccc([N+](=O)[O-])c1. The number of rotatable bonds is 4. The summed E-state index contributed by atoms with van der Waals surface area (Å²) in [6.07, 6.45) is 0.359. The highest BCUT2D eigenvalue weighted by Gasteiger charge is 2.14. The summed E-state index contributed by atoms with van der Waals surface area (Å²) in [5.74, 6) is -1.05. The number of anilines is 1. The Morgan fingerprint density at radius 3 is 2.90 bits per heavy atom. The number of nitrogen functional groups attached to an aromatic ring is 1. The molecule has 0 saturated heterocycles. The smallest absolute Gasteiger partial charge is 0.319 e. The monoisotopic (exact) mass is 278 g/mol. The molecule has 104 valence electrons. The minimum Gasteiger partial charge on any atom is -0.456 e. The predicted molar refractivity (Wildman–Crippen MR) is 68.5 cm³/mol. The van der Waals surface area contributed by atoms with Crippen LogP contribution < -0.4 is 10.5 Å². The molecule has 0 spiro atoms. The molecule has 0 aliphatic carbocycles. The summed E-state index contributed by atoms with van der Waals surface area (Å²) in [5, 5.41) is 10.7. The predicted octanol–water partition coefficient (Wildman–Crippen LogP) is 2.25. The van der Waals surface area contributed by atoms with E-state index < -0.39 is 16.8 Å². The molecular formula is C12H11FN4O3. The van der Waals surface area contributed by atoms with E-state index in [4.69, 9.17) is 10.5 Å². The molecule has 7 nitrogen and oxygen atoms in total. The largest absolute Gasteiger partial charge is 0.456 e. The summed E-state index contributed by atoms with van der Waals surface area (Å²) >= 11 is 0. The number of hydrogen-bond acceptors (Lipinski definition) is 6. The molecule has 1 heterocycles. The van der Waals surface area contributed by atoms with E-state index in [2.05, 4.69) is 9.97 Å². The van der Waals surface area contributed by atoms with Gasteiger partial charge in [-0.3, -0.25) is 10.1 Å². The second-order valence-corrected chi connectivity index (χ2v) is 4.00. The minimum absolute atomic E-state index is 0.0440. The van der Waals surface area contributed by atoms with Gasteiger partial charge in [0, 0.05) is 12.1 Å². The van der Waals surface area contributed by atoms with Crippen LogP contribution in [-0.4, -0.2) is 14.9 Å². The van der Waals surface area contributed by atoms with Crippen molar-refractivity contribution in [3.05, 3.63) is 52.0 Å². The lowest BCUT2D eigenvalue weighted by molar-refractivity contribution is -0.385. The number of benzene rings is 1. The van der Waals surface area contributed by atoms with Gasteiger partial charge in [0.15, 0.2) is 11.6 Å². The number of nitrogens with two attached hydrogens (primary N) is 1. The summed E-state index contributed by atoms with van der Waals surface area (Å²) in [5.41, 5.74) is 5.83. The maximum Gasteiger partial charge on any atom is 0.319 e. The molecule has 0 aliphatic rings. The van der Waals surface area contributed by atoms with E-state index in [0.717, 1.165) is 6.20 Å². The summed E-state index contributed by atoms with van der Waals surface area (Å²) < 4.78 is 18.3. The van der Waals surface area contributed by atoms with Crippen molar-refractivity contribution in [3.8, 4) is 6.01 Å². The number of halogens is 1. The van der Waals surface area contributed by atoms with Gasteiger partial charge >= 0.3 is 6.01 Å². The van der Waals surface area contributed by atoms with Gasteiger partial charge in [0.2, 0.25) is 0 Å². The number of nitrogens with zero attached hydrogens (tertiary/aromatic N) is 3. The quantitative estimate of drug-likeness (QED) is 0.679. The molecular weight excluding hydrogens is 267 g/mol. The molecule has 0 radical (unpaired) electrons. The van der Waals surface area contributed by atoms with E-state index in [0.29, 0.717) is 5.56 Å². The Bertz CT molecular complexity index is 650. The number of nitro groups is 1. The molecule has 1 aromatic carbocycles. The fourth-order valence-electron chi connectivity index (χ4n) is 1.54. The van der Waals surface area contributed by atoms with Crippen LogP contribution in [0.15, 0.2) is 30.5 Å². The molecule has 0 fully saturated rings. The molecule has 0 aliphatic heterocycles. The van der Waals surface area contributed by atoms with E-state index in [1.165, 1.54) is 12.1 Å². The molecule has 2 aromatic rings. The lowest BCUT2D eigenvalue weighted by Crippen LogP contribution is -2.08. The highest BCUT2D eigenvalue weighted by atomic mass is 19.1. The van der Waals surface area contributed by atoms with Crippen molar-refractivity contribution in [2.24, 2.45) is 0 Å². The van der Waals surface area contributed by atoms with Gasteiger partial charge in [0.25, 0.3) is 5.69 Å². The molecule has 1 aromatic heterocycles. The van der Waals surface area contributed by atoms with Crippen molar-refractivity contribution in [2.45, 2.75) is 13.0 Å². The lowest BCUT2D eigenvalue weighted by atomic mass is 10.1. The first-order chi connectivity index (χ1) is 9.47. The maximum atomic E-state index is 12.9. The Labute approximate surface area is 113 Å². The standard InChI is InChI=1S/C12H11FN4O3/c1-7(8-3-2-4-9(5-8)17(18)19)20-12-15-6-10(13)11(14)16-12/h2-7H,1H3,(H2,14,15,16). The van der Waals surface area contributed by atoms with Crippen LogP contribution in [0.4, 0.5) is 15.9 Å². The van der Waals surface area contributed by atoms with Crippen molar-refractivity contribution in [3.63, 3.8) is 0 Å². The second-order valence-electron chi connectivity index (χ2n) is 4.00. The number of ether oxygens (including phenoxy) is 1. The third kappa shape index (κ3) is 2.97. The van der Waals surface area contributed by atoms with Gasteiger partial charge < -0.3 is 10.5 Å². The molecule has 2 N–H and O–H groups in total. The van der Waals surface area contributed by atoms with Crippen molar-refractivity contribution >= 4 is 11.5 Å². The first kappa shape index (κ1) is 13.7. The van der Waals surface area contributed by atoms with Gasteiger partial charge in [0.05, 0.1) is 11.1 Å². The zero-order valence-electron chi connectivity index (χ0n) is 10.5. The Hall–Kier alpha value is -2.77. The third-order valence-electron chi connectivity index (χ3n) is 2.58. The Balaban J connectivity index is 2.19. The van der Waals surface area contributed by atoms with Crippen LogP contribution >= 0.6 is 0 Å². The van der Waals surface area contributed by atoms with Crippen LogP contribution in [0.5, 0.6) is 6.01 Å². The summed E-state index contributed by atoms with van der Waals surface area (Å²) in [6, 6.07) is 5.89. The topological polar surface area (TPSA) is 104 Å². The number of aromatic nitrogens is 2. The average molecular weight is 278 g/mol. The van der Waals surface area contributed by atoms with Crippen LogP contribution in [0, 0.1) is 15.9 Å². The first-order valence-electron chi connectivity index (χ1n) is 5.66. The molecule has 1 unspecified atom stereocenters. The van der Waals surface area contributed by atoms with Crippen molar-refractivity contribution in [1.29, 1.82) is 0 Å². The molecule has 0 bridgehead atoms. The van der Waals surface area contributed by atoms with Crippen LogP contribution in [0.25, 0.3) is 0 Å². The van der Waals surface area contributed by atoms with Crippen molar-refractivity contribution in [2.75, 3.05) is 5.73 Å². The van der Waals surface area contributed by atoms with E-state index in [-0.39, 0.29) is 17.5 Å². The Kier molecular flexibility index (Phi) is 3.74. The maximum absolute atomic E-state index is 12.9. The van der Waals surface area contributed by atoms with Crippen LogP contribution in [0.1, 0.15) is 18.6 Å². The molecule has 1 atom stereocenters. The van der Waals surface area contributed by atoms with Crippen LogP contribution in [-0.2, 0) is 0 Å². The summed E-state index contributed by atoms with van der Waals surface area (Å²) in [6.45, 7) is 1.67.